The predicted molar refractivity (Wildman–Crippen MR) is 115 cm³/mol. The number of halogens is 1. The molecule has 0 aliphatic carbocycles. The van der Waals surface area contributed by atoms with Crippen molar-refractivity contribution in [3.8, 4) is 5.75 Å². The van der Waals surface area contributed by atoms with Crippen molar-refractivity contribution in [3.63, 3.8) is 0 Å². The number of benzene rings is 3. The number of ether oxygens (including phenoxy) is 1. The van der Waals surface area contributed by atoms with Crippen LogP contribution in [0.15, 0.2) is 71.8 Å². The number of hydrogen-bond donors (Lipinski definition) is 0. The zero-order valence-electron chi connectivity index (χ0n) is 16.2. The lowest BCUT2D eigenvalue weighted by molar-refractivity contribution is -0.386. The molecule has 6 nitrogen and oxygen atoms in total. The second-order valence-electron chi connectivity index (χ2n) is 7.48. The SMILES string of the molecule is Cc1ccc(C2=NN3C(C2)c2cc(Cl)ccc2OC3c2ccccc2[N+](=O)[O-])cc1. The first kappa shape index (κ1) is 18.6. The van der Waals surface area contributed by atoms with E-state index in [1.165, 1.54) is 11.6 Å². The molecule has 2 aliphatic rings. The Balaban J connectivity index is 1.64. The molecule has 2 heterocycles. The van der Waals surface area contributed by atoms with Crippen LogP contribution in [0.3, 0.4) is 0 Å². The van der Waals surface area contributed by atoms with Crippen LogP contribution in [-0.4, -0.2) is 15.6 Å². The lowest BCUT2D eigenvalue weighted by Crippen LogP contribution is -2.34. The van der Waals surface area contributed by atoms with E-state index in [-0.39, 0.29) is 16.7 Å². The summed E-state index contributed by atoms with van der Waals surface area (Å²) in [5, 5.41) is 18.9. The molecule has 7 heteroatoms. The van der Waals surface area contributed by atoms with E-state index in [0.29, 0.717) is 22.8 Å². The van der Waals surface area contributed by atoms with Gasteiger partial charge in [-0.2, -0.15) is 5.10 Å². The molecule has 3 aromatic carbocycles. The summed E-state index contributed by atoms with van der Waals surface area (Å²) in [6, 6.07) is 20.2. The minimum atomic E-state index is -0.701. The molecule has 0 saturated heterocycles. The number of rotatable bonds is 3. The van der Waals surface area contributed by atoms with Crippen molar-refractivity contribution in [3.05, 3.63) is 104 Å². The molecule has 2 atom stereocenters. The third-order valence-electron chi connectivity index (χ3n) is 5.54. The van der Waals surface area contributed by atoms with Gasteiger partial charge in [-0.3, -0.25) is 10.1 Å². The van der Waals surface area contributed by atoms with Gasteiger partial charge in [-0.25, -0.2) is 5.01 Å². The first-order valence-electron chi connectivity index (χ1n) is 9.63. The van der Waals surface area contributed by atoms with Gasteiger partial charge in [0.2, 0.25) is 6.23 Å². The molecule has 150 valence electrons. The molecule has 0 fully saturated rings. The number of hydrogen-bond acceptors (Lipinski definition) is 5. The van der Waals surface area contributed by atoms with Crippen LogP contribution < -0.4 is 4.74 Å². The Labute approximate surface area is 178 Å². The Hall–Kier alpha value is -3.38. The maximum atomic E-state index is 11.6. The fourth-order valence-electron chi connectivity index (χ4n) is 4.05. The van der Waals surface area contributed by atoms with Gasteiger partial charge in [0.1, 0.15) is 5.75 Å². The Morgan fingerprint density at radius 2 is 1.87 bits per heavy atom. The molecule has 0 amide bonds. The molecular formula is C23H18ClN3O3. The van der Waals surface area contributed by atoms with Crippen LogP contribution >= 0.6 is 11.6 Å². The van der Waals surface area contributed by atoms with Gasteiger partial charge in [-0.15, -0.1) is 0 Å². The summed E-state index contributed by atoms with van der Waals surface area (Å²) in [6.45, 7) is 2.04. The van der Waals surface area contributed by atoms with Crippen LogP contribution in [0.5, 0.6) is 5.75 Å². The Morgan fingerprint density at radius 3 is 2.63 bits per heavy atom. The van der Waals surface area contributed by atoms with Gasteiger partial charge in [0.25, 0.3) is 5.69 Å². The van der Waals surface area contributed by atoms with Crippen LogP contribution in [0.1, 0.15) is 40.9 Å². The molecule has 0 saturated carbocycles. The largest absolute Gasteiger partial charge is 0.464 e. The first-order chi connectivity index (χ1) is 14.5. The number of aryl methyl sites for hydroxylation is 1. The molecule has 0 aromatic heterocycles. The summed E-state index contributed by atoms with van der Waals surface area (Å²) in [5.41, 5.74) is 4.54. The lowest BCUT2D eigenvalue weighted by Gasteiger charge is -2.38. The summed E-state index contributed by atoms with van der Waals surface area (Å²) < 4.78 is 6.24. The highest BCUT2D eigenvalue weighted by Crippen LogP contribution is 2.49. The summed E-state index contributed by atoms with van der Waals surface area (Å²) >= 11 is 6.26. The third kappa shape index (κ3) is 3.09. The van der Waals surface area contributed by atoms with Crippen LogP contribution in [0.2, 0.25) is 5.02 Å². The Kier molecular flexibility index (Phi) is 4.44. The zero-order valence-corrected chi connectivity index (χ0v) is 16.9. The average Bonchev–Trinajstić information content (AvgIpc) is 3.19. The van der Waals surface area contributed by atoms with Crippen molar-refractivity contribution >= 4 is 23.0 Å². The standard InChI is InChI=1S/C23H18ClN3O3/c1-14-6-8-15(9-7-14)19-13-21-18-12-16(24)10-11-22(18)30-23(26(21)25-19)17-4-2-3-5-20(17)27(28)29/h2-12,21,23H,13H2,1H3. The van der Waals surface area contributed by atoms with Crippen molar-refractivity contribution in [2.45, 2.75) is 25.6 Å². The van der Waals surface area contributed by atoms with Crippen LogP contribution in [0.4, 0.5) is 5.69 Å². The first-order valence-corrected chi connectivity index (χ1v) is 10.0. The molecular weight excluding hydrogens is 402 g/mol. The fourth-order valence-corrected chi connectivity index (χ4v) is 4.23. The highest BCUT2D eigenvalue weighted by atomic mass is 35.5. The average molecular weight is 420 g/mol. The van der Waals surface area contributed by atoms with Gasteiger partial charge in [0, 0.05) is 23.1 Å². The second kappa shape index (κ2) is 7.15. The summed E-state index contributed by atoms with van der Waals surface area (Å²) in [5.74, 6) is 0.671. The molecule has 3 aromatic rings. The number of nitro benzene ring substituents is 1. The zero-order chi connectivity index (χ0) is 20.8. The molecule has 2 aliphatic heterocycles. The van der Waals surface area contributed by atoms with E-state index in [0.717, 1.165) is 16.8 Å². The van der Waals surface area contributed by atoms with Crippen LogP contribution in [-0.2, 0) is 0 Å². The number of hydrazone groups is 1. The number of para-hydroxylation sites is 1. The number of fused-ring (bicyclic) bond motifs is 3. The summed E-state index contributed by atoms with van der Waals surface area (Å²) in [6.07, 6.45) is -0.0371. The van der Waals surface area contributed by atoms with Crippen molar-refractivity contribution in [1.82, 2.24) is 5.01 Å². The van der Waals surface area contributed by atoms with Crippen molar-refractivity contribution in [1.29, 1.82) is 0 Å². The molecule has 0 N–H and O–H groups in total. The monoisotopic (exact) mass is 419 g/mol. The number of nitrogens with zero attached hydrogens (tertiary/aromatic N) is 3. The molecule has 0 bridgehead atoms. The highest BCUT2D eigenvalue weighted by Gasteiger charge is 2.43. The third-order valence-corrected chi connectivity index (χ3v) is 5.77. The Bertz CT molecular complexity index is 1180. The molecule has 0 radical (unpaired) electrons. The topological polar surface area (TPSA) is 68.0 Å². The van der Waals surface area contributed by atoms with Gasteiger partial charge < -0.3 is 4.74 Å². The van der Waals surface area contributed by atoms with Gasteiger partial charge in [-0.1, -0.05) is 53.6 Å². The highest BCUT2D eigenvalue weighted by molar-refractivity contribution is 6.30. The second-order valence-corrected chi connectivity index (χ2v) is 7.92. The molecule has 2 unspecified atom stereocenters. The van der Waals surface area contributed by atoms with Gasteiger partial charge in [-0.05, 0) is 36.8 Å². The van der Waals surface area contributed by atoms with Gasteiger partial charge >= 0.3 is 0 Å². The minimum Gasteiger partial charge on any atom is -0.464 e. The van der Waals surface area contributed by atoms with E-state index in [1.54, 1.807) is 24.3 Å². The van der Waals surface area contributed by atoms with Gasteiger partial charge in [0.05, 0.1) is 22.2 Å². The van der Waals surface area contributed by atoms with E-state index in [1.807, 2.05) is 36.2 Å². The van der Waals surface area contributed by atoms with Crippen molar-refractivity contribution in [2.75, 3.05) is 0 Å². The van der Waals surface area contributed by atoms with Gasteiger partial charge in [0.15, 0.2) is 0 Å². The quantitative estimate of drug-likeness (QED) is 0.397. The van der Waals surface area contributed by atoms with Crippen LogP contribution in [0.25, 0.3) is 0 Å². The minimum absolute atomic E-state index is 0.0117. The Morgan fingerprint density at radius 1 is 1.10 bits per heavy atom. The van der Waals surface area contributed by atoms with E-state index in [9.17, 15) is 10.1 Å². The van der Waals surface area contributed by atoms with Crippen molar-refractivity contribution in [2.24, 2.45) is 5.10 Å². The predicted octanol–water partition coefficient (Wildman–Crippen LogP) is 5.80. The maximum Gasteiger partial charge on any atom is 0.278 e. The van der Waals surface area contributed by atoms with E-state index < -0.39 is 6.23 Å². The molecule has 0 spiro atoms. The van der Waals surface area contributed by atoms with E-state index in [4.69, 9.17) is 21.4 Å². The fraction of sp³-hybridized carbons (Fsp3) is 0.174. The smallest absolute Gasteiger partial charge is 0.278 e. The summed E-state index contributed by atoms with van der Waals surface area (Å²) in [4.78, 5) is 11.3. The van der Waals surface area contributed by atoms with E-state index >= 15 is 0 Å². The normalized spacial score (nSPS) is 19.5. The molecule has 5 rings (SSSR count). The molecule has 30 heavy (non-hydrogen) atoms. The lowest BCUT2D eigenvalue weighted by atomic mass is 9.95. The van der Waals surface area contributed by atoms with Crippen molar-refractivity contribution < 1.29 is 9.66 Å². The number of nitro groups is 1. The summed E-state index contributed by atoms with van der Waals surface area (Å²) in [7, 11) is 0. The van der Waals surface area contributed by atoms with E-state index in [2.05, 4.69) is 12.1 Å². The maximum absolute atomic E-state index is 11.6. The van der Waals surface area contributed by atoms with Crippen LogP contribution in [0, 0.1) is 17.0 Å².